The van der Waals surface area contributed by atoms with Crippen molar-refractivity contribution in [2.24, 2.45) is 11.3 Å². The molecule has 2 aromatic rings. The Balaban J connectivity index is 1.36. The topological polar surface area (TPSA) is 60.0 Å². The summed E-state index contributed by atoms with van der Waals surface area (Å²) in [4.78, 5) is 15.4. The molecule has 1 unspecified atom stereocenters. The minimum Gasteiger partial charge on any atom is -0.493 e. The normalized spacial score (nSPS) is 26.9. The van der Waals surface area contributed by atoms with Crippen molar-refractivity contribution in [3.8, 4) is 22.6 Å². The average molecular weight is 465 g/mol. The number of hydrogen-bond donors (Lipinski definition) is 1. The molecule has 2 bridgehead atoms. The third-order valence-corrected chi connectivity index (χ3v) is 8.11. The summed E-state index contributed by atoms with van der Waals surface area (Å²) < 4.78 is 16.8. The van der Waals surface area contributed by atoms with Gasteiger partial charge in [-0.15, -0.1) is 0 Å². The predicted octanol–water partition coefficient (Wildman–Crippen LogP) is 5.20. The van der Waals surface area contributed by atoms with E-state index in [4.69, 9.17) is 14.2 Å². The minimum atomic E-state index is -0.284. The van der Waals surface area contributed by atoms with Crippen LogP contribution in [0.4, 0.5) is 4.79 Å². The molecule has 1 aliphatic carbocycles. The van der Waals surface area contributed by atoms with E-state index in [9.17, 15) is 4.79 Å². The first-order valence-electron chi connectivity index (χ1n) is 12.4. The zero-order valence-corrected chi connectivity index (χ0v) is 20.7. The molecule has 3 fully saturated rings. The van der Waals surface area contributed by atoms with Crippen molar-refractivity contribution in [3.05, 3.63) is 47.5 Å². The number of carbonyl (C=O) groups excluding carboxylic acids is 1. The molecule has 6 nitrogen and oxygen atoms in total. The summed E-state index contributed by atoms with van der Waals surface area (Å²) in [5, 5.41) is 3.25. The number of benzene rings is 2. The summed E-state index contributed by atoms with van der Waals surface area (Å²) in [5.41, 5.74) is 4.63. The third kappa shape index (κ3) is 4.36. The number of ether oxygens (including phenoxy) is 3. The maximum absolute atomic E-state index is 13.0. The Morgan fingerprint density at radius 3 is 2.38 bits per heavy atom. The van der Waals surface area contributed by atoms with Gasteiger partial charge >= 0.3 is 6.09 Å². The Hall–Kier alpha value is -2.73. The van der Waals surface area contributed by atoms with E-state index in [1.807, 2.05) is 12.1 Å². The van der Waals surface area contributed by atoms with Crippen molar-refractivity contribution in [2.45, 2.75) is 51.7 Å². The number of fused-ring (bicyclic) bond motifs is 4. The molecule has 1 amide bonds. The summed E-state index contributed by atoms with van der Waals surface area (Å²) >= 11 is 0. The number of carbonyl (C=O) groups is 1. The monoisotopic (exact) mass is 464 g/mol. The Kier molecular flexibility index (Phi) is 6.19. The van der Waals surface area contributed by atoms with Gasteiger partial charge in [-0.1, -0.05) is 38.1 Å². The quantitative estimate of drug-likeness (QED) is 0.659. The number of methoxy groups -OCH3 is 2. The van der Waals surface area contributed by atoms with Crippen molar-refractivity contribution < 1.29 is 19.0 Å². The van der Waals surface area contributed by atoms with Gasteiger partial charge in [-0.3, -0.25) is 4.90 Å². The van der Waals surface area contributed by atoms with Gasteiger partial charge in [0.2, 0.25) is 0 Å². The van der Waals surface area contributed by atoms with E-state index in [-0.39, 0.29) is 23.7 Å². The first-order valence-corrected chi connectivity index (χ1v) is 12.4. The predicted molar refractivity (Wildman–Crippen MR) is 132 cm³/mol. The van der Waals surface area contributed by atoms with Crippen LogP contribution in [-0.2, 0) is 11.2 Å². The van der Waals surface area contributed by atoms with Crippen LogP contribution in [0.5, 0.6) is 11.5 Å². The lowest BCUT2D eigenvalue weighted by Crippen LogP contribution is -2.53. The fraction of sp³-hybridized carbons (Fsp3) is 0.536. The molecule has 0 spiro atoms. The van der Waals surface area contributed by atoms with Crippen LogP contribution in [0.2, 0.25) is 0 Å². The van der Waals surface area contributed by atoms with Crippen LogP contribution in [0.25, 0.3) is 11.1 Å². The molecule has 3 saturated heterocycles. The molecule has 6 heteroatoms. The van der Waals surface area contributed by atoms with Gasteiger partial charge in [0.25, 0.3) is 0 Å². The molecule has 0 saturated carbocycles. The number of amides is 1. The summed E-state index contributed by atoms with van der Waals surface area (Å²) in [6, 6.07) is 12.5. The maximum Gasteiger partial charge on any atom is 0.407 e. The summed E-state index contributed by atoms with van der Waals surface area (Å²) in [6.07, 6.45) is 3.98. The molecule has 3 aliphatic heterocycles. The molecular weight excluding hydrogens is 428 g/mol. The summed E-state index contributed by atoms with van der Waals surface area (Å²) in [5.74, 6) is 1.94. The molecule has 0 radical (unpaired) electrons. The van der Waals surface area contributed by atoms with E-state index in [2.05, 4.69) is 48.3 Å². The van der Waals surface area contributed by atoms with Crippen LogP contribution in [-0.4, -0.2) is 51.0 Å². The maximum atomic E-state index is 13.0. The smallest absolute Gasteiger partial charge is 0.407 e. The number of aryl methyl sites for hydroxylation is 1. The lowest BCUT2D eigenvalue weighted by Gasteiger charge is -2.44. The second-order valence-corrected chi connectivity index (χ2v) is 10.6. The zero-order chi connectivity index (χ0) is 23.9. The first-order chi connectivity index (χ1) is 16.4. The Morgan fingerprint density at radius 1 is 1.00 bits per heavy atom. The molecule has 4 aliphatic rings. The molecule has 0 aromatic heterocycles. The molecule has 1 N–H and O–H groups in total. The highest BCUT2D eigenvalue weighted by atomic mass is 16.6. The van der Waals surface area contributed by atoms with Gasteiger partial charge in [-0.25, -0.2) is 4.79 Å². The Bertz CT molecular complexity index is 1060. The van der Waals surface area contributed by atoms with Crippen LogP contribution in [0.3, 0.4) is 0 Å². The van der Waals surface area contributed by atoms with Crippen LogP contribution in [0.1, 0.15) is 50.3 Å². The van der Waals surface area contributed by atoms with E-state index in [1.165, 1.54) is 11.1 Å². The second kappa shape index (κ2) is 9.14. The summed E-state index contributed by atoms with van der Waals surface area (Å²) in [6.45, 7) is 7.61. The number of nitrogens with zero attached hydrogens (tertiary/aromatic N) is 1. The number of rotatable bonds is 5. The van der Waals surface area contributed by atoms with Crippen LogP contribution in [0, 0.1) is 11.3 Å². The van der Waals surface area contributed by atoms with Gasteiger partial charge in [0.05, 0.1) is 20.3 Å². The highest BCUT2D eigenvalue weighted by Gasteiger charge is 2.40. The Morgan fingerprint density at radius 2 is 1.71 bits per heavy atom. The average Bonchev–Trinajstić information content (AvgIpc) is 2.86. The van der Waals surface area contributed by atoms with Gasteiger partial charge in [-0.2, -0.15) is 0 Å². The van der Waals surface area contributed by atoms with Crippen molar-refractivity contribution in [1.29, 1.82) is 0 Å². The SMILES string of the molecule is COc1ccc(-c2ccc3c(c2)CCC(C)(C)C3NC(=O)O[C@H]2CN3CCC2CC3)cc1OC. The van der Waals surface area contributed by atoms with E-state index in [1.54, 1.807) is 14.2 Å². The third-order valence-electron chi connectivity index (χ3n) is 8.11. The van der Waals surface area contributed by atoms with Gasteiger partial charge in [0, 0.05) is 6.54 Å². The van der Waals surface area contributed by atoms with Crippen molar-refractivity contribution >= 4 is 6.09 Å². The van der Waals surface area contributed by atoms with Gasteiger partial charge in [0.15, 0.2) is 11.5 Å². The van der Waals surface area contributed by atoms with Gasteiger partial charge in [0.1, 0.15) is 6.10 Å². The first kappa shape index (κ1) is 23.0. The van der Waals surface area contributed by atoms with Crippen LogP contribution in [0.15, 0.2) is 36.4 Å². The van der Waals surface area contributed by atoms with Gasteiger partial charge in [-0.05, 0) is 84.5 Å². The van der Waals surface area contributed by atoms with Crippen LogP contribution < -0.4 is 14.8 Å². The van der Waals surface area contributed by atoms with Crippen LogP contribution >= 0.6 is 0 Å². The standard InChI is InChI=1S/C28H36N2O4/c1-28(2)12-9-21-15-19(20-6-8-23(32-3)24(16-20)33-4)5-7-22(21)26(28)29-27(31)34-25-17-30-13-10-18(25)11-14-30/h5-8,15-16,18,25-26H,9-14,17H2,1-4H3,(H,29,31)/t25-,26?/m0/s1. The largest absolute Gasteiger partial charge is 0.493 e. The van der Waals surface area contributed by atoms with E-state index >= 15 is 0 Å². The number of piperidine rings is 3. The number of hydrogen-bond acceptors (Lipinski definition) is 5. The molecule has 2 atom stereocenters. The van der Waals surface area contributed by atoms with E-state index < -0.39 is 0 Å². The molecule has 182 valence electrons. The van der Waals surface area contributed by atoms with Crippen molar-refractivity contribution in [3.63, 3.8) is 0 Å². The zero-order valence-electron chi connectivity index (χ0n) is 20.7. The molecule has 2 aromatic carbocycles. The van der Waals surface area contributed by atoms with Crippen molar-refractivity contribution in [2.75, 3.05) is 33.9 Å². The second-order valence-electron chi connectivity index (χ2n) is 10.6. The molecular formula is C28H36N2O4. The van der Waals surface area contributed by atoms with E-state index in [0.717, 1.165) is 62.2 Å². The Labute approximate surface area is 202 Å². The fourth-order valence-corrected chi connectivity index (χ4v) is 5.93. The molecule has 6 rings (SSSR count). The van der Waals surface area contributed by atoms with Gasteiger partial charge < -0.3 is 19.5 Å². The van der Waals surface area contributed by atoms with Crippen molar-refractivity contribution in [1.82, 2.24) is 10.2 Å². The molecule has 3 heterocycles. The lowest BCUT2D eigenvalue weighted by atomic mass is 9.70. The van der Waals surface area contributed by atoms with E-state index in [0.29, 0.717) is 11.7 Å². The summed E-state index contributed by atoms with van der Waals surface area (Å²) in [7, 11) is 3.30. The molecule has 34 heavy (non-hydrogen) atoms. The fourth-order valence-electron chi connectivity index (χ4n) is 5.93. The highest BCUT2D eigenvalue weighted by Crippen LogP contribution is 2.45. The highest BCUT2D eigenvalue weighted by molar-refractivity contribution is 5.71. The number of nitrogens with one attached hydrogen (secondary N) is 1. The lowest BCUT2D eigenvalue weighted by molar-refractivity contribution is -0.0353. The minimum absolute atomic E-state index is 0.0149. The number of alkyl carbamates (subject to hydrolysis) is 1.